The van der Waals surface area contributed by atoms with E-state index in [4.69, 9.17) is 4.74 Å². The first kappa shape index (κ1) is 12.9. The van der Waals surface area contributed by atoms with Gasteiger partial charge in [-0.1, -0.05) is 0 Å². The Balaban J connectivity index is 2.18. The van der Waals surface area contributed by atoms with Gasteiger partial charge in [-0.2, -0.15) is 10.1 Å². The summed E-state index contributed by atoms with van der Waals surface area (Å²) in [7, 11) is 3.07. The zero-order valence-electron chi connectivity index (χ0n) is 11.0. The highest BCUT2D eigenvalue weighted by atomic mass is 16.5. The zero-order valence-corrected chi connectivity index (χ0v) is 11.0. The van der Waals surface area contributed by atoms with Crippen LogP contribution in [0.2, 0.25) is 0 Å². The molecule has 0 atom stereocenters. The van der Waals surface area contributed by atoms with Crippen LogP contribution in [-0.2, 0) is 7.05 Å². The second kappa shape index (κ2) is 4.96. The molecule has 100 valence electrons. The molecular weight excluding hydrogens is 250 g/mol. The van der Waals surface area contributed by atoms with Crippen LogP contribution in [0.25, 0.3) is 0 Å². The van der Waals surface area contributed by atoms with Gasteiger partial charge >= 0.3 is 6.01 Å². The number of aryl methyl sites for hydroxylation is 3. The Morgan fingerprint density at radius 2 is 1.95 bits per heavy atom. The number of hydrogen-bond donors (Lipinski definition) is 1. The van der Waals surface area contributed by atoms with E-state index in [1.165, 1.54) is 11.8 Å². The lowest BCUT2D eigenvalue weighted by Crippen LogP contribution is -2.17. The van der Waals surface area contributed by atoms with Crippen LogP contribution in [0.5, 0.6) is 6.01 Å². The molecule has 19 heavy (non-hydrogen) atoms. The molecule has 2 aromatic heterocycles. The van der Waals surface area contributed by atoms with E-state index in [0.717, 1.165) is 0 Å². The minimum atomic E-state index is -0.524. The molecule has 0 fully saturated rings. The molecule has 0 saturated heterocycles. The van der Waals surface area contributed by atoms with E-state index in [2.05, 4.69) is 30.6 Å². The minimum Gasteiger partial charge on any atom is -0.467 e. The fourth-order valence-corrected chi connectivity index (χ4v) is 1.31. The average Bonchev–Trinajstić information content (AvgIpc) is 2.75. The highest BCUT2D eigenvalue weighted by Gasteiger charge is 2.16. The summed E-state index contributed by atoms with van der Waals surface area (Å²) in [4.78, 5) is 19.9. The third-order valence-electron chi connectivity index (χ3n) is 2.43. The molecule has 0 saturated carbocycles. The summed E-state index contributed by atoms with van der Waals surface area (Å²) in [5.74, 6) is -0.440. The Hall–Kier alpha value is -2.58. The van der Waals surface area contributed by atoms with Gasteiger partial charge in [-0.3, -0.25) is 10.1 Å². The summed E-state index contributed by atoms with van der Waals surface area (Å²) in [5.41, 5.74) is 1.40. The van der Waals surface area contributed by atoms with Crippen molar-refractivity contribution >= 4 is 11.9 Å². The van der Waals surface area contributed by atoms with E-state index in [1.54, 1.807) is 20.9 Å². The van der Waals surface area contributed by atoms with Gasteiger partial charge in [0, 0.05) is 7.05 Å². The molecule has 0 aliphatic heterocycles. The number of carbonyl (C=O) groups is 1. The molecular formula is C10H13N7O2. The van der Waals surface area contributed by atoms with Crippen molar-refractivity contribution in [3.05, 3.63) is 17.2 Å². The van der Waals surface area contributed by atoms with Crippen molar-refractivity contribution in [3.8, 4) is 6.01 Å². The number of amides is 1. The molecule has 0 aliphatic carbocycles. The van der Waals surface area contributed by atoms with Crippen molar-refractivity contribution in [1.82, 2.24) is 29.9 Å². The van der Waals surface area contributed by atoms with Gasteiger partial charge in [0.25, 0.3) is 5.91 Å². The summed E-state index contributed by atoms with van der Waals surface area (Å²) in [6.45, 7) is 3.56. The lowest BCUT2D eigenvalue weighted by molar-refractivity contribution is 0.101. The maximum Gasteiger partial charge on any atom is 0.314 e. The largest absolute Gasteiger partial charge is 0.467 e. The van der Waals surface area contributed by atoms with Crippen molar-refractivity contribution in [2.45, 2.75) is 13.8 Å². The van der Waals surface area contributed by atoms with E-state index in [1.807, 2.05) is 0 Å². The molecule has 0 aromatic carbocycles. The van der Waals surface area contributed by atoms with Gasteiger partial charge in [0.05, 0.1) is 18.5 Å². The first-order chi connectivity index (χ1) is 9.01. The molecule has 0 bridgehead atoms. The second-order valence-corrected chi connectivity index (χ2v) is 3.81. The van der Waals surface area contributed by atoms with Gasteiger partial charge in [0.15, 0.2) is 0 Å². The van der Waals surface area contributed by atoms with Crippen molar-refractivity contribution in [2.75, 3.05) is 12.4 Å². The number of anilines is 1. The molecule has 1 N–H and O–H groups in total. The number of aromatic nitrogens is 6. The van der Waals surface area contributed by atoms with Crippen molar-refractivity contribution < 1.29 is 9.53 Å². The molecule has 2 rings (SSSR count). The van der Waals surface area contributed by atoms with Gasteiger partial charge in [-0.05, 0) is 13.8 Å². The number of hydrogen-bond acceptors (Lipinski definition) is 7. The summed E-state index contributed by atoms with van der Waals surface area (Å²) >= 11 is 0. The van der Waals surface area contributed by atoms with Gasteiger partial charge in [0.2, 0.25) is 11.8 Å². The predicted molar refractivity (Wildman–Crippen MR) is 64.8 cm³/mol. The van der Waals surface area contributed by atoms with E-state index < -0.39 is 5.91 Å². The molecule has 2 aromatic rings. The summed E-state index contributed by atoms with van der Waals surface area (Å²) in [5, 5.41) is 14.0. The van der Waals surface area contributed by atoms with E-state index >= 15 is 0 Å². The maximum atomic E-state index is 11.9. The monoisotopic (exact) mass is 263 g/mol. The summed E-state index contributed by atoms with van der Waals surface area (Å²) < 4.78 is 6.28. The number of methoxy groups -OCH3 is 1. The van der Waals surface area contributed by atoms with Crippen LogP contribution < -0.4 is 10.1 Å². The molecule has 0 spiro atoms. The Labute approximate surface area is 109 Å². The lowest BCUT2D eigenvalue weighted by atomic mass is 10.4. The fraction of sp³-hybridized carbons (Fsp3) is 0.400. The molecule has 1 amide bonds. The van der Waals surface area contributed by atoms with E-state index in [9.17, 15) is 4.79 Å². The molecule has 9 nitrogen and oxygen atoms in total. The Kier molecular flexibility index (Phi) is 3.36. The van der Waals surface area contributed by atoms with Crippen LogP contribution in [0.4, 0.5) is 5.95 Å². The Bertz CT molecular complexity index is 622. The number of nitrogens with zero attached hydrogens (tertiary/aromatic N) is 6. The van der Waals surface area contributed by atoms with Crippen LogP contribution in [0, 0.1) is 13.8 Å². The predicted octanol–water partition coefficient (Wildman–Crippen LogP) is -0.122. The second-order valence-electron chi connectivity index (χ2n) is 3.81. The minimum absolute atomic E-state index is 0.0267. The fourth-order valence-electron chi connectivity index (χ4n) is 1.31. The normalized spacial score (nSPS) is 10.3. The third kappa shape index (κ3) is 2.64. The Morgan fingerprint density at radius 1 is 1.21 bits per heavy atom. The van der Waals surface area contributed by atoms with Crippen LogP contribution in [-0.4, -0.2) is 43.0 Å². The third-order valence-corrected chi connectivity index (χ3v) is 2.43. The first-order valence-corrected chi connectivity index (χ1v) is 5.45. The van der Waals surface area contributed by atoms with Crippen LogP contribution in [0.1, 0.15) is 22.0 Å². The van der Waals surface area contributed by atoms with Crippen LogP contribution in [0.3, 0.4) is 0 Å². The van der Waals surface area contributed by atoms with E-state index in [-0.39, 0.29) is 17.8 Å². The molecule has 2 heterocycles. The molecule has 9 heteroatoms. The summed E-state index contributed by atoms with van der Waals surface area (Å²) in [6, 6.07) is 0.240. The average molecular weight is 263 g/mol. The number of carbonyl (C=O) groups excluding carboxylic acids is 1. The molecule has 0 unspecified atom stereocenters. The van der Waals surface area contributed by atoms with Crippen molar-refractivity contribution in [2.24, 2.45) is 7.05 Å². The van der Waals surface area contributed by atoms with Gasteiger partial charge in [-0.15, -0.1) is 10.2 Å². The molecule has 0 radical (unpaired) electrons. The number of ether oxygens (including phenoxy) is 1. The number of rotatable bonds is 3. The highest BCUT2D eigenvalue weighted by Crippen LogP contribution is 2.07. The van der Waals surface area contributed by atoms with Gasteiger partial charge in [-0.25, -0.2) is 9.67 Å². The quantitative estimate of drug-likeness (QED) is 0.822. The van der Waals surface area contributed by atoms with Gasteiger partial charge in [0.1, 0.15) is 0 Å². The molecule has 0 aliphatic rings. The Morgan fingerprint density at radius 3 is 2.53 bits per heavy atom. The first-order valence-electron chi connectivity index (χ1n) is 5.45. The summed E-state index contributed by atoms with van der Waals surface area (Å²) in [6.07, 6.45) is 0. The van der Waals surface area contributed by atoms with E-state index in [0.29, 0.717) is 11.4 Å². The van der Waals surface area contributed by atoms with Crippen LogP contribution >= 0.6 is 0 Å². The maximum absolute atomic E-state index is 11.9. The van der Waals surface area contributed by atoms with Gasteiger partial charge < -0.3 is 4.74 Å². The van der Waals surface area contributed by atoms with Crippen molar-refractivity contribution in [3.63, 3.8) is 0 Å². The standard InChI is InChI=1S/C10H13N7O2/c1-5-6(2)14-15-9(11-5)13-8(18)7-12-10(19-4)17(3)16-7/h1-4H3,(H,11,13,15,18). The highest BCUT2D eigenvalue weighted by molar-refractivity contribution is 6.00. The topological polar surface area (TPSA) is 108 Å². The van der Waals surface area contributed by atoms with Crippen molar-refractivity contribution in [1.29, 1.82) is 0 Å². The van der Waals surface area contributed by atoms with Crippen LogP contribution in [0.15, 0.2) is 0 Å². The lowest BCUT2D eigenvalue weighted by Gasteiger charge is -2.01. The smallest absolute Gasteiger partial charge is 0.314 e. The zero-order chi connectivity index (χ0) is 14.0. The number of nitrogens with one attached hydrogen (secondary N) is 1. The SMILES string of the molecule is COc1nc(C(=O)Nc2nnc(C)c(C)n2)nn1C.